The van der Waals surface area contributed by atoms with E-state index >= 15 is 0 Å². The van der Waals surface area contributed by atoms with E-state index in [9.17, 15) is 0 Å². The number of nitrogens with one attached hydrogen (secondary N) is 1. The molecule has 3 rings (SSSR count). The molecule has 5 nitrogen and oxygen atoms in total. The second-order valence-electron chi connectivity index (χ2n) is 5.15. The third-order valence-corrected chi connectivity index (χ3v) is 4.04. The lowest BCUT2D eigenvalue weighted by molar-refractivity contribution is 0.298. The summed E-state index contributed by atoms with van der Waals surface area (Å²) in [6, 6.07) is 0.710. The zero-order valence-corrected chi connectivity index (χ0v) is 10.5. The van der Waals surface area contributed by atoms with E-state index < -0.39 is 0 Å². The Kier molecular flexibility index (Phi) is 3.11. The normalized spacial score (nSPS) is 29.5. The van der Waals surface area contributed by atoms with Crippen molar-refractivity contribution in [2.45, 2.75) is 38.9 Å². The Morgan fingerprint density at radius 1 is 1.47 bits per heavy atom. The minimum absolute atomic E-state index is 0.710. The van der Waals surface area contributed by atoms with Gasteiger partial charge in [-0.25, -0.2) is 9.67 Å². The van der Waals surface area contributed by atoms with Crippen molar-refractivity contribution in [2.75, 3.05) is 19.6 Å². The standard InChI is InChI=1S/C12H21N5/c1-2-17-12(14-9-15-17)8-16-6-10-4-3-5-13-11(10)7-16/h9-11,13H,2-8H2,1H3/t10-,11+/m0/s1. The van der Waals surface area contributed by atoms with E-state index in [2.05, 4.69) is 27.2 Å². The lowest BCUT2D eigenvalue weighted by atomic mass is 9.94. The summed E-state index contributed by atoms with van der Waals surface area (Å²) in [7, 11) is 0. The number of nitrogens with zero attached hydrogens (tertiary/aromatic N) is 4. The summed E-state index contributed by atoms with van der Waals surface area (Å²) < 4.78 is 2.00. The highest BCUT2D eigenvalue weighted by atomic mass is 15.3. The number of piperidine rings is 1. The van der Waals surface area contributed by atoms with Crippen molar-refractivity contribution in [3.05, 3.63) is 12.2 Å². The molecular weight excluding hydrogens is 214 g/mol. The predicted octanol–water partition coefficient (Wildman–Crippen LogP) is 0.482. The maximum absolute atomic E-state index is 4.36. The van der Waals surface area contributed by atoms with Crippen molar-refractivity contribution in [2.24, 2.45) is 5.92 Å². The number of aromatic nitrogens is 3. The summed E-state index contributed by atoms with van der Waals surface area (Å²) in [6.07, 6.45) is 4.38. The van der Waals surface area contributed by atoms with Gasteiger partial charge in [0.25, 0.3) is 0 Å². The first kappa shape index (κ1) is 11.2. The summed E-state index contributed by atoms with van der Waals surface area (Å²) in [5.41, 5.74) is 0. The molecule has 2 fully saturated rings. The predicted molar refractivity (Wildman–Crippen MR) is 65.5 cm³/mol. The largest absolute Gasteiger partial charge is 0.312 e. The van der Waals surface area contributed by atoms with Crippen molar-refractivity contribution < 1.29 is 0 Å². The zero-order valence-electron chi connectivity index (χ0n) is 10.5. The maximum Gasteiger partial charge on any atom is 0.140 e. The van der Waals surface area contributed by atoms with E-state index in [1.165, 1.54) is 32.5 Å². The fourth-order valence-electron chi connectivity index (χ4n) is 3.14. The van der Waals surface area contributed by atoms with Crippen LogP contribution in [0.5, 0.6) is 0 Å². The van der Waals surface area contributed by atoms with Crippen LogP contribution < -0.4 is 5.32 Å². The van der Waals surface area contributed by atoms with Crippen molar-refractivity contribution in [3.8, 4) is 0 Å². The molecule has 0 spiro atoms. The van der Waals surface area contributed by atoms with Crippen LogP contribution in [0, 0.1) is 5.92 Å². The Hall–Kier alpha value is -0.940. The first-order valence-electron chi connectivity index (χ1n) is 6.69. The molecule has 1 N–H and O–H groups in total. The zero-order chi connectivity index (χ0) is 11.7. The van der Waals surface area contributed by atoms with Crippen LogP contribution in [0.1, 0.15) is 25.6 Å². The van der Waals surface area contributed by atoms with Crippen LogP contribution in [0.3, 0.4) is 0 Å². The SMILES string of the molecule is CCn1ncnc1CN1C[C@@H]2CCCN[C@@H]2C1. The third-order valence-electron chi connectivity index (χ3n) is 4.04. The second kappa shape index (κ2) is 4.74. The van der Waals surface area contributed by atoms with Gasteiger partial charge in [0.2, 0.25) is 0 Å². The average molecular weight is 235 g/mol. The van der Waals surface area contributed by atoms with Crippen molar-refractivity contribution in [1.29, 1.82) is 0 Å². The molecule has 3 heterocycles. The Bertz CT molecular complexity index is 361. The summed E-state index contributed by atoms with van der Waals surface area (Å²) in [6.45, 7) is 7.55. The molecule has 1 aromatic heterocycles. The molecule has 0 amide bonds. The molecule has 2 aliphatic heterocycles. The first-order valence-corrected chi connectivity index (χ1v) is 6.69. The van der Waals surface area contributed by atoms with E-state index in [-0.39, 0.29) is 0 Å². The molecule has 5 heteroatoms. The van der Waals surface area contributed by atoms with Crippen LogP contribution >= 0.6 is 0 Å². The van der Waals surface area contributed by atoms with Crippen molar-refractivity contribution >= 4 is 0 Å². The highest BCUT2D eigenvalue weighted by Gasteiger charge is 2.34. The van der Waals surface area contributed by atoms with Crippen LogP contribution in [0.15, 0.2) is 6.33 Å². The van der Waals surface area contributed by atoms with Crippen LogP contribution in [-0.2, 0) is 13.1 Å². The van der Waals surface area contributed by atoms with Crippen LogP contribution in [-0.4, -0.2) is 45.3 Å². The summed E-state index contributed by atoms with van der Waals surface area (Å²) in [5, 5.41) is 7.87. The minimum Gasteiger partial charge on any atom is -0.312 e. The molecule has 2 saturated heterocycles. The third kappa shape index (κ3) is 2.21. The Labute approximate surface area is 102 Å². The number of rotatable bonds is 3. The molecule has 0 unspecified atom stereocenters. The molecular formula is C12H21N5. The van der Waals surface area contributed by atoms with Crippen LogP contribution in [0.2, 0.25) is 0 Å². The van der Waals surface area contributed by atoms with Crippen molar-refractivity contribution in [3.63, 3.8) is 0 Å². The van der Waals surface area contributed by atoms with Gasteiger partial charge in [-0.2, -0.15) is 5.10 Å². The quantitative estimate of drug-likeness (QED) is 0.828. The monoisotopic (exact) mass is 235 g/mol. The number of aryl methyl sites for hydroxylation is 1. The highest BCUT2D eigenvalue weighted by Crippen LogP contribution is 2.25. The smallest absolute Gasteiger partial charge is 0.140 e. The summed E-state index contributed by atoms with van der Waals surface area (Å²) in [5.74, 6) is 1.95. The molecule has 0 saturated carbocycles. The molecule has 0 aromatic carbocycles. The van der Waals surface area contributed by atoms with Gasteiger partial charge in [-0.1, -0.05) is 0 Å². The fraction of sp³-hybridized carbons (Fsp3) is 0.833. The lowest BCUT2D eigenvalue weighted by Gasteiger charge is -2.24. The number of likely N-dealkylation sites (tertiary alicyclic amines) is 1. The van der Waals surface area contributed by atoms with E-state index in [0.717, 1.165) is 24.8 Å². The van der Waals surface area contributed by atoms with Gasteiger partial charge in [0.1, 0.15) is 12.2 Å². The van der Waals surface area contributed by atoms with Crippen LogP contribution in [0.25, 0.3) is 0 Å². The first-order chi connectivity index (χ1) is 8.36. The van der Waals surface area contributed by atoms with Gasteiger partial charge in [-0.05, 0) is 32.2 Å². The number of fused-ring (bicyclic) bond motifs is 1. The van der Waals surface area contributed by atoms with Gasteiger partial charge in [0.15, 0.2) is 0 Å². The van der Waals surface area contributed by atoms with Gasteiger partial charge in [-0.15, -0.1) is 0 Å². The van der Waals surface area contributed by atoms with E-state index in [4.69, 9.17) is 0 Å². The minimum atomic E-state index is 0.710. The molecule has 0 aliphatic carbocycles. The molecule has 2 atom stereocenters. The van der Waals surface area contributed by atoms with E-state index in [0.29, 0.717) is 6.04 Å². The topological polar surface area (TPSA) is 46.0 Å². The van der Waals surface area contributed by atoms with Gasteiger partial charge < -0.3 is 5.32 Å². The second-order valence-corrected chi connectivity index (χ2v) is 5.15. The highest BCUT2D eigenvalue weighted by molar-refractivity contribution is 4.94. The van der Waals surface area contributed by atoms with Gasteiger partial charge in [-0.3, -0.25) is 4.90 Å². The van der Waals surface area contributed by atoms with Gasteiger partial charge in [0.05, 0.1) is 6.54 Å². The van der Waals surface area contributed by atoms with Crippen molar-refractivity contribution in [1.82, 2.24) is 25.0 Å². The summed E-state index contributed by atoms with van der Waals surface area (Å²) >= 11 is 0. The Morgan fingerprint density at radius 2 is 2.41 bits per heavy atom. The van der Waals surface area contributed by atoms with Gasteiger partial charge >= 0.3 is 0 Å². The van der Waals surface area contributed by atoms with Crippen LogP contribution in [0.4, 0.5) is 0 Å². The maximum atomic E-state index is 4.36. The molecule has 0 radical (unpaired) electrons. The number of hydrogen-bond acceptors (Lipinski definition) is 4. The molecule has 17 heavy (non-hydrogen) atoms. The van der Waals surface area contributed by atoms with E-state index in [1.807, 2.05) is 4.68 Å². The fourth-order valence-corrected chi connectivity index (χ4v) is 3.14. The molecule has 2 aliphatic rings. The van der Waals surface area contributed by atoms with E-state index in [1.54, 1.807) is 6.33 Å². The molecule has 94 valence electrons. The van der Waals surface area contributed by atoms with Gasteiger partial charge in [0, 0.05) is 25.7 Å². The number of hydrogen-bond donors (Lipinski definition) is 1. The lowest BCUT2D eigenvalue weighted by Crippen LogP contribution is -2.40. The summed E-state index contributed by atoms with van der Waals surface area (Å²) in [4.78, 5) is 6.88. The Morgan fingerprint density at radius 3 is 3.24 bits per heavy atom. The Balaban J connectivity index is 1.63. The molecule has 1 aromatic rings. The average Bonchev–Trinajstić information content (AvgIpc) is 2.94. The molecule has 0 bridgehead atoms.